The van der Waals surface area contributed by atoms with Gasteiger partial charge in [-0.1, -0.05) is 12.1 Å². The molecule has 2 aromatic carbocycles. The topological polar surface area (TPSA) is 82.6 Å². The zero-order valence-electron chi connectivity index (χ0n) is 17.1. The number of nitrogens with two attached hydrogens (primary N) is 1. The van der Waals surface area contributed by atoms with Crippen LogP contribution in [0.3, 0.4) is 0 Å². The number of benzene rings is 2. The van der Waals surface area contributed by atoms with Crippen molar-refractivity contribution < 1.29 is 18.3 Å². The van der Waals surface area contributed by atoms with Crippen LogP contribution in [-0.2, 0) is 10.3 Å². The Morgan fingerprint density at radius 3 is 2.48 bits per heavy atom. The monoisotopic (exact) mass is 442 g/mol. The Kier molecular flexibility index (Phi) is 4.16. The number of hydrogen-bond donors (Lipinski definition) is 1. The predicted molar refractivity (Wildman–Crippen MR) is 118 cm³/mol. The lowest BCUT2D eigenvalue weighted by atomic mass is 9.79. The molecule has 2 aromatic heterocycles. The molecule has 2 aliphatic rings. The molecule has 0 saturated carbocycles. The van der Waals surface area contributed by atoms with E-state index in [1.54, 1.807) is 54.7 Å². The Balaban J connectivity index is 1.59. The van der Waals surface area contributed by atoms with Gasteiger partial charge in [0.05, 0.1) is 5.69 Å². The molecule has 2 N–H and O–H groups in total. The Labute approximate surface area is 187 Å². The van der Waals surface area contributed by atoms with Crippen molar-refractivity contribution in [2.75, 3.05) is 6.61 Å². The SMILES string of the molecule is NC1=N[C@@]2(CO1)c1cc(-c3cccnc3F)ccc1Oc1c(F)cc(-c3ccccn3)cc12. The number of rotatable bonds is 2. The van der Waals surface area contributed by atoms with Gasteiger partial charge in [-0.3, -0.25) is 4.98 Å². The van der Waals surface area contributed by atoms with Crippen molar-refractivity contribution >= 4 is 6.02 Å². The molecule has 0 aliphatic carbocycles. The summed E-state index contributed by atoms with van der Waals surface area (Å²) in [6.07, 6.45) is 3.02. The minimum Gasteiger partial charge on any atom is -0.462 e. The largest absolute Gasteiger partial charge is 0.462 e. The minimum atomic E-state index is -1.16. The molecule has 8 heteroatoms. The van der Waals surface area contributed by atoms with E-state index in [0.29, 0.717) is 39.3 Å². The van der Waals surface area contributed by atoms with Crippen molar-refractivity contribution in [1.29, 1.82) is 0 Å². The van der Waals surface area contributed by atoms with Crippen molar-refractivity contribution in [2.24, 2.45) is 10.7 Å². The van der Waals surface area contributed by atoms with Crippen LogP contribution in [0.15, 0.2) is 78.0 Å². The third kappa shape index (κ3) is 2.95. The smallest absolute Gasteiger partial charge is 0.283 e. The summed E-state index contributed by atoms with van der Waals surface area (Å²) in [6, 6.07) is 17.0. The van der Waals surface area contributed by atoms with Crippen LogP contribution in [0.5, 0.6) is 11.5 Å². The molecule has 0 amide bonds. The molecular formula is C25H16F2N4O2. The lowest BCUT2D eigenvalue weighted by molar-refractivity contribution is 0.262. The Morgan fingerprint density at radius 2 is 1.73 bits per heavy atom. The maximum Gasteiger partial charge on any atom is 0.283 e. The lowest BCUT2D eigenvalue weighted by Gasteiger charge is -2.34. The number of hydrogen-bond acceptors (Lipinski definition) is 6. The summed E-state index contributed by atoms with van der Waals surface area (Å²) in [5.74, 6) is -0.717. The number of amidine groups is 1. The number of aromatic nitrogens is 2. The van der Waals surface area contributed by atoms with E-state index >= 15 is 4.39 Å². The first kappa shape index (κ1) is 19.4. The van der Waals surface area contributed by atoms with E-state index in [2.05, 4.69) is 15.0 Å². The first-order chi connectivity index (χ1) is 16.0. The average Bonchev–Trinajstić information content (AvgIpc) is 3.23. The maximum absolute atomic E-state index is 15.3. The molecule has 0 saturated heterocycles. The maximum atomic E-state index is 15.3. The second-order valence-electron chi connectivity index (χ2n) is 7.80. The van der Waals surface area contributed by atoms with Gasteiger partial charge in [0.1, 0.15) is 12.4 Å². The van der Waals surface area contributed by atoms with Crippen LogP contribution in [0, 0.1) is 11.8 Å². The highest BCUT2D eigenvalue weighted by atomic mass is 19.1. The average molecular weight is 442 g/mol. The number of fused-ring (bicyclic) bond motifs is 4. The second kappa shape index (κ2) is 7.09. The molecule has 1 spiro atoms. The molecule has 4 aromatic rings. The van der Waals surface area contributed by atoms with Crippen LogP contribution >= 0.6 is 0 Å². The Bertz CT molecular complexity index is 1440. The third-order valence-corrected chi connectivity index (χ3v) is 5.89. The Morgan fingerprint density at radius 1 is 0.879 bits per heavy atom. The lowest BCUT2D eigenvalue weighted by Crippen LogP contribution is -2.31. The quantitative estimate of drug-likeness (QED) is 0.452. The molecule has 0 unspecified atom stereocenters. The first-order valence-corrected chi connectivity index (χ1v) is 10.2. The van der Waals surface area contributed by atoms with Crippen LogP contribution in [0.1, 0.15) is 11.1 Å². The molecule has 0 fully saturated rings. The predicted octanol–water partition coefficient (Wildman–Crippen LogP) is 4.78. The molecule has 1 atom stereocenters. The number of pyridine rings is 2. The van der Waals surface area contributed by atoms with Crippen LogP contribution in [0.4, 0.5) is 8.78 Å². The van der Waals surface area contributed by atoms with Gasteiger partial charge in [0, 0.05) is 34.6 Å². The summed E-state index contributed by atoms with van der Waals surface area (Å²) in [5, 5.41) is 0. The van der Waals surface area contributed by atoms with Gasteiger partial charge < -0.3 is 15.2 Å². The molecule has 162 valence electrons. The molecule has 6 rings (SSSR count). The fourth-order valence-corrected chi connectivity index (χ4v) is 4.36. The summed E-state index contributed by atoms with van der Waals surface area (Å²) in [4.78, 5) is 12.7. The molecule has 4 heterocycles. The van der Waals surface area contributed by atoms with Gasteiger partial charge in [-0.15, -0.1) is 0 Å². The van der Waals surface area contributed by atoms with Gasteiger partial charge in [-0.2, -0.15) is 4.39 Å². The fourth-order valence-electron chi connectivity index (χ4n) is 4.36. The zero-order valence-corrected chi connectivity index (χ0v) is 17.1. The Hall–Kier alpha value is -4.33. The molecule has 33 heavy (non-hydrogen) atoms. The number of ether oxygens (including phenoxy) is 2. The standard InChI is InChI=1S/C25H16F2N4O2/c26-19-12-15(20-5-1-2-8-29-20)11-18-22(19)33-21-7-6-14(16-4-3-9-30-23(16)27)10-17(21)25(18)13-32-24(28)31-25/h1-12H,13H2,(H2,28,31)/t25-/m0/s1. The summed E-state index contributed by atoms with van der Waals surface area (Å²) in [5.41, 5.74) is 7.88. The van der Waals surface area contributed by atoms with Crippen molar-refractivity contribution in [3.05, 3.63) is 95.9 Å². The highest BCUT2D eigenvalue weighted by Gasteiger charge is 2.48. The number of halogens is 2. The van der Waals surface area contributed by atoms with Gasteiger partial charge >= 0.3 is 0 Å². The van der Waals surface area contributed by atoms with E-state index in [0.717, 1.165) is 0 Å². The number of aliphatic imine (C=N–C) groups is 1. The normalized spacial score (nSPS) is 18.2. The van der Waals surface area contributed by atoms with E-state index < -0.39 is 17.3 Å². The van der Waals surface area contributed by atoms with Crippen molar-refractivity contribution in [2.45, 2.75) is 5.54 Å². The summed E-state index contributed by atoms with van der Waals surface area (Å²) in [6.45, 7) is 0.0479. The van der Waals surface area contributed by atoms with Gasteiger partial charge in [0.2, 0.25) is 5.95 Å². The van der Waals surface area contributed by atoms with E-state index in [9.17, 15) is 4.39 Å². The van der Waals surface area contributed by atoms with Crippen LogP contribution in [0.25, 0.3) is 22.4 Å². The summed E-state index contributed by atoms with van der Waals surface area (Å²) < 4.78 is 41.2. The summed E-state index contributed by atoms with van der Waals surface area (Å²) in [7, 11) is 0. The van der Waals surface area contributed by atoms with Gasteiger partial charge in [0.25, 0.3) is 6.02 Å². The van der Waals surface area contributed by atoms with E-state index in [4.69, 9.17) is 15.2 Å². The first-order valence-electron chi connectivity index (χ1n) is 10.2. The van der Waals surface area contributed by atoms with Crippen LogP contribution in [-0.4, -0.2) is 22.6 Å². The van der Waals surface area contributed by atoms with Crippen molar-refractivity contribution in [3.8, 4) is 33.9 Å². The van der Waals surface area contributed by atoms with E-state index in [1.807, 2.05) is 6.07 Å². The highest BCUT2D eigenvalue weighted by molar-refractivity contribution is 5.79. The van der Waals surface area contributed by atoms with E-state index in [1.165, 1.54) is 12.3 Å². The van der Waals surface area contributed by atoms with Crippen LogP contribution < -0.4 is 10.5 Å². The summed E-state index contributed by atoms with van der Waals surface area (Å²) >= 11 is 0. The second-order valence-corrected chi connectivity index (χ2v) is 7.80. The minimum absolute atomic E-state index is 0.0181. The molecule has 0 radical (unpaired) electrons. The third-order valence-electron chi connectivity index (χ3n) is 5.89. The molecular weight excluding hydrogens is 426 g/mol. The van der Waals surface area contributed by atoms with Crippen molar-refractivity contribution in [1.82, 2.24) is 9.97 Å². The zero-order chi connectivity index (χ0) is 22.6. The molecule has 6 nitrogen and oxygen atoms in total. The van der Waals surface area contributed by atoms with Crippen LogP contribution in [0.2, 0.25) is 0 Å². The van der Waals surface area contributed by atoms with Gasteiger partial charge in [0.15, 0.2) is 17.1 Å². The number of nitrogens with zero attached hydrogens (tertiary/aromatic N) is 3. The van der Waals surface area contributed by atoms with Crippen molar-refractivity contribution in [3.63, 3.8) is 0 Å². The van der Waals surface area contributed by atoms with Gasteiger partial charge in [-0.25, -0.2) is 14.4 Å². The van der Waals surface area contributed by atoms with Gasteiger partial charge in [-0.05, 0) is 54.1 Å². The van der Waals surface area contributed by atoms with E-state index in [-0.39, 0.29) is 18.4 Å². The highest BCUT2D eigenvalue weighted by Crippen LogP contribution is 2.53. The fraction of sp³-hybridized carbons (Fsp3) is 0.0800. The molecule has 2 aliphatic heterocycles. The molecule has 0 bridgehead atoms.